The number of rotatable bonds is 3. The highest BCUT2D eigenvalue weighted by Gasteiger charge is 2.09. The summed E-state index contributed by atoms with van der Waals surface area (Å²) >= 11 is 3.47. The fourth-order valence-electron chi connectivity index (χ4n) is 2.01. The molecule has 0 radical (unpaired) electrons. The minimum Gasteiger partial charge on any atom is -0.497 e. The highest BCUT2D eigenvalue weighted by molar-refractivity contribution is 9.10. The maximum Gasteiger partial charge on any atom is 0.132 e. The molecule has 0 amide bonds. The predicted octanol–water partition coefficient (Wildman–Crippen LogP) is 3.09. The van der Waals surface area contributed by atoms with Crippen molar-refractivity contribution in [2.24, 2.45) is 0 Å². The van der Waals surface area contributed by atoms with Crippen LogP contribution in [0.2, 0.25) is 0 Å². The third-order valence-electron chi connectivity index (χ3n) is 3.00. The topological polar surface area (TPSA) is 39.4 Å². The second-order valence-electron chi connectivity index (χ2n) is 4.18. The van der Waals surface area contributed by atoms with E-state index in [2.05, 4.69) is 25.9 Å². The second kappa shape index (κ2) is 5.01. The van der Waals surface area contributed by atoms with Crippen molar-refractivity contribution in [3.8, 4) is 5.75 Å². The van der Waals surface area contributed by atoms with E-state index in [1.54, 1.807) is 19.6 Å². The Morgan fingerprint density at radius 2 is 2.00 bits per heavy atom. The molecule has 0 bridgehead atoms. The van der Waals surface area contributed by atoms with Crippen molar-refractivity contribution >= 4 is 21.4 Å². The van der Waals surface area contributed by atoms with Crippen LogP contribution in [-0.4, -0.2) is 21.5 Å². The first-order chi connectivity index (χ1) is 9.28. The zero-order valence-electron chi connectivity index (χ0n) is 10.4. The molecule has 3 rings (SSSR count). The fourth-order valence-corrected chi connectivity index (χ4v) is 2.54. The van der Waals surface area contributed by atoms with Crippen LogP contribution in [0.3, 0.4) is 0 Å². The van der Waals surface area contributed by atoms with Gasteiger partial charge in [-0.1, -0.05) is 12.1 Å². The lowest BCUT2D eigenvalue weighted by Gasteiger charge is -2.03. The molecular formula is C14H12BrN3O. The number of imidazole rings is 1. The van der Waals surface area contributed by atoms with Gasteiger partial charge in [0.05, 0.1) is 12.6 Å². The van der Waals surface area contributed by atoms with Gasteiger partial charge < -0.3 is 4.74 Å². The Hall–Kier alpha value is -1.88. The molecule has 0 atom stereocenters. The Balaban J connectivity index is 1.96. The van der Waals surface area contributed by atoms with Gasteiger partial charge in [-0.2, -0.15) is 0 Å². The first-order valence-corrected chi connectivity index (χ1v) is 6.66. The molecule has 0 saturated heterocycles. The number of hydrogen-bond acceptors (Lipinski definition) is 3. The molecule has 0 aliphatic rings. The largest absolute Gasteiger partial charge is 0.497 e. The number of fused-ring (bicyclic) bond motifs is 1. The molecule has 1 aromatic carbocycles. The molecule has 96 valence electrons. The van der Waals surface area contributed by atoms with Crippen LogP contribution in [0.4, 0.5) is 0 Å². The molecule has 2 aromatic heterocycles. The molecule has 0 aliphatic heterocycles. The van der Waals surface area contributed by atoms with Crippen LogP contribution in [0.1, 0.15) is 11.4 Å². The average molecular weight is 318 g/mol. The standard InChI is InChI=1S/C14H12BrN3O/c1-19-11-4-2-10(3-5-11)8-13-17-14(15)12-6-7-16-9-18(12)13/h2-7,9H,8H2,1H3. The van der Waals surface area contributed by atoms with E-state index < -0.39 is 0 Å². The van der Waals surface area contributed by atoms with Crippen molar-refractivity contribution in [2.45, 2.75) is 6.42 Å². The zero-order chi connectivity index (χ0) is 13.2. The number of nitrogens with zero attached hydrogens (tertiary/aromatic N) is 3. The lowest BCUT2D eigenvalue weighted by Crippen LogP contribution is -1.97. The molecular weight excluding hydrogens is 306 g/mol. The predicted molar refractivity (Wildman–Crippen MR) is 76.5 cm³/mol. The lowest BCUT2D eigenvalue weighted by atomic mass is 10.1. The summed E-state index contributed by atoms with van der Waals surface area (Å²) in [7, 11) is 1.67. The number of benzene rings is 1. The summed E-state index contributed by atoms with van der Waals surface area (Å²) in [4.78, 5) is 8.67. The van der Waals surface area contributed by atoms with E-state index in [-0.39, 0.29) is 0 Å². The minimum atomic E-state index is 0.752. The van der Waals surface area contributed by atoms with Crippen molar-refractivity contribution < 1.29 is 4.74 Å². The first kappa shape index (κ1) is 12.2. The van der Waals surface area contributed by atoms with Gasteiger partial charge in [0.2, 0.25) is 0 Å². The van der Waals surface area contributed by atoms with Crippen LogP contribution in [0.5, 0.6) is 5.75 Å². The zero-order valence-corrected chi connectivity index (χ0v) is 12.0. The van der Waals surface area contributed by atoms with Crippen LogP contribution < -0.4 is 4.74 Å². The van der Waals surface area contributed by atoms with Crippen LogP contribution >= 0.6 is 15.9 Å². The van der Waals surface area contributed by atoms with Crippen molar-refractivity contribution in [1.82, 2.24) is 14.4 Å². The second-order valence-corrected chi connectivity index (χ2v) is 4.93. The Bertz CT molecular complexity index is 706. The van der Waals surface area contributed by atoms with Crippen molar-refractivity contribution in [3.05, 3.63) is 58.8 Å². The number of halogens is 1. The van der Waals surface area contributed by atoms with Gasteiger partial charge in [0.1, 0.15) is 22.5 Å². The maximum atomic E-state index is 5.16. The van der Waals surface area contributed by atoms with E-state index in [0.717, 1.165) is 28.1 Å². The Labute approximate surface area is 119 Å². The number of methoxy groups -OCH3 is 1. The van der Waals surface area contributed by atoms with Crippen LogP contribution in [-0.2, 0) is 6.42 Å². The SMILES string of the molecule is COc1ccc(Cc2nc(Br)c3ccncn23)cc1. The third-order valence-corrected chi connectivity index (χ3v) is 3.58. The fraction of sp³-hybridized carbons (Fsp3) is 0.143. The highest BCUT2D eigenvalue weighted by atomic mass is 79.9. The molecule has 0 fully saturated rings. The molecule has 0 saturated carbocycles. The van der Waals surface area contributed by atoms with Gasteiger partial charge in [0, 0.05) is 12.6 Å². The van der Waals surface area contributed by atoms with Crippen LogP contribution in [0.15, 0.2) is 47.5 Å². The van der Waals surface area contributed by atoms with E-state index in [1.807, 2.05) is 34.7 Å². The number of ether oxygens (including phenoxy) is 1. The van der Waals surface area contributed by atoms with E-state index >= 15 is 0 Å². The van der Waals surface area contributed by atoms with E-state index in [0.29, 0.717) is 0 Å². The van der Waals surface area contributed by atoms with Crippen molar-refractivity contribution in [1.29, 1.82) is 0 Å². The molecule has 0 spiro atoms. The molecule has 0 unspecified atom stereocenters. The highest BCUT2D eigenvalue weighted by Crippen LogP contribution is 2.20. The molecule has 0 N–H and O–H groups in total. The van der Waals surface area contributed by atoms with E-state index in [1.165, 1.54) is 5.56 Å². The number of aromatic nitrogens is 3. The Morgan fingerprint density at radius 3 is 2.74 bits per heavy atom. The molecule has 19 heavy (non-hydrogen) atoms. The summed E-state index contributed by atoms with van der Waals surface area (Å²) in [6, 6.07) is 9.94. The van der Waals surface area contributed by atoms with Gasteiger partial charge in [-0.15, -0.1) is 0 Å². The molecule has 2 heterocycles. The summed E-state index contributed by atoms with van der Waals surface area (Å²) in [5, 5.41) is 0. The minimum absolute atomic E-state index is 0.752. The van der Waals surface area contributed by atoms with E-state index in [9.17, 15) is 0 Å². The first-order valence-electron chi connectivity index (χ1n) is 5.87. The molecule has 4 nitrogen and oxygen atoms in total. The number of hydrogen-bond donors (Lipinski definition) is 0. The quantitative estimate of drug-likeness (QED) is 0.745. The Morgan fingerprint density at radius 1 is 1.21 bits per heavy atom. The summed E-state index contributed by atoms with van der Waals surface area (Å²) in [6.45, 7) is 0. The van der Waals surface area contributed by atoms with Gasteiger partial charge in [0.25, 0.3) is 0 Å². The van der Waals surface area contributed by atoms with Gasteiger partial charge in [-0.25, -0.2) is 9.97 Å². The summed E-state index contributed by atoms with van der Waals surface area (Å²) < 4.78 is 8.00. The lowest BCUT2D eigenvalue weighted by molar-refractivity contribution is 0.414. The monoisotopic (exact) mass is 317 g/mol. The molecule has 0 aliphatic carbocycles. The van der Waals surface area contributed by atoms with Crippen LogP contribution in [0, 0.1) is 0 Å². The summed E-state index contributed by atoms with van der Waals surface area (Å²) in [6.07, 6.45) is 4.30. The van der Waals surface area contributed by atoms with E-state index in [4.69, 9.17) is 4.74 Å². The van der Waals surface area contributed by atoms with Crippen molar-refractivity contribution in [2.75, 3.05) is 7.11 Å². The summed E-state index contributed by atoms with van der Waals surface area (Å²) in [5.41, 5.74) is 2.21. The Kier molecular flexibility index (Phi) is 3.21. The normalized spacial score (nSPS) is 10.8. The van der Waals surface area contributed by atoms with Gasteiger partial charge in [-0.3, -0.25) is 4.40 Å². The maximum absolute atomic E-state index is 5.16. The van der Waals surface area contributed by atoms with Gasteiger partial charge in [-0.05, 0) is 39.7 Å². The van der Waals surface area contributed by atoms with Gasteiger partial charge in [0.15, 0.2) is 0 Å². The van der Waals surface area contributed by atoms with Gasteiger partial charge >= 0.3 is 0 Å². The summed E-state index contributed by atoms with van der Waals surface area (Å²) in [5.74, 6) is 1.82. The third kappa shape index (κ3) is 2.33. The smallest absolute Gasteiger partial charge is 0.132 e. The van der Waals surface area contributed by atoms with Crippen molar-refractivity contribution in [3.63, 3.8) is 0 Å². The molecule has 3 aromatic rings. The molecule has 5 heteroatoms. The average Bonchev–Trinajstić information content (AvgIpc) is 2.77. The van der Waals surface area contributed by atoms with Crippen LogP contribution in [0.25, 0.3) is 5.52 Å².